The van der Waals surface area contributed by atoms with Crippen LogP contribution in [-0.4, -0.2) is 27.3 Å². The van der Waals surface area contributed by atoms with Crippen LogP contribution in [0.15, 0.2) is 27.2 Å². The maximum Gasteiger partial charge on any atom is 0.320 e. The highest BCUT2D eigenvalue weighted by Gasteiger charge is 2.36. The van der Waals surface area contributed by atoms with E-state index in [1.54, 1.807) is 12.1 Å². The van der Waals surface area contributed by atoms with E-state index in [1.807, 2.05) is 0 Å². The number of furan rings is 1. The summed E-state index contributed by atoms with van der Waals surface area (Å²) < 4.78 is 10.5. The largest absolute Gasteiger partial charge is 0.480 e. The third kappa shape index (κ3) is 2.65. The van der Waals surface area contributed by atoms with Crippen LogP contribution >= 0.6 is 0 Å². The first kappa shape index (κ1) is 11.9. The fraction of sp³-hybridized carbons (Fsp3) is 0.417. The molecule has 2 aromatic rings. The Morgan fingerprint density at radius 3 is 3.00 bits per heavy atom. The number of carboxylic acids is 1. The Balaban J connectivity index is 1.62. The number of aliphatic carboxylic acids is 1. The van der Waals surface area contributed by atoms with Crippen LogP contribution in [0.5, 0.6) is 0 Å². The lowest BCUT2D eigenvalue weighted by Gasteiger charge is -2.11. The summed E-state index contributed by atoms with van der Waals surface area (Å²) in [6.45, 7) is 0.237. The van der Waals surface area contributed by atoms with Gasteiger partial charge in [0.1, 0.15) is 6.04 Å². The van der Waals surface area contributed by atoms with Gasteiger partial charge in [0.2, 0.25) is 5.89 Å². The quantitative estimate of drug-likeness (QED) is 0.809. The van der Waals surface area contributed by atoms with Crippen LogP contribution in [0.4, 0.5) is 0 Å². The molecule has 2 N–H and O–H groups in total. The molecular weight excluding hydrogens is 250 g/mol. The van der Waals surface area contributed by atoms with Crippen molar-refractivity contribution >= 4 is 5.97 Å². The zero-order chi connectivity index (χ0) is 13.2. The van der Waals surface area contributed by atoms with Gasteiger partial charge in [-0.1, -0.05) is 0 Å². The van der Waals surface area contributed by atoms with Crippen molar-refractivity contribution in [3.05, 3.63) is 24.3 Å². The molecule has 2 heterocycles. The average molecular weight is 263 g/mol. The molecule has 100 valence electrons. The Kier molecular flexibility index (Phi) is 3.04. The molecule has 1 aliphatic rings. The maximum absolute atomic E-state index is 11.1. The fourth-order valence-electron chi connectivity index (χ4n) is 1.91. The summed E-state index contributed by atoms with van der Waals surface area (Å²) in [7, 11) is 0. The van der Waals surface area contributed by atoms with Gasteiger partial charge in [0, 0.05) is 0 Å². The molecule has 0 spiro atoms. The monoisotopic (exact) mass is 263 g/mol. The predicted octanol–water partition coefficient (Wildman–Crippen LogP) is 1.28. The molecule has 0 radical (unpaired) electrons. The first-order valence-corrected chi connectivity index (χ1v) is 6.06. The Morgan fingerprint density at radius 1 is 1.53 bits per heavy atom. The molecule has 0 bridgehead atoms. The highest BCUT2D eigenvalue weighted by Crippen LogP contribution is 2.32. The highest BCUT2D eigenvalue weighted by molar-refractivity contribution is 5.74. The van der Waals surface area contributed by atoms with Gasteiger partial charge >= 0.3 is 5.97 Å². The second-order valence-corrected chi connectivity index (χ2v) is 4.51. The van der Waals surface area contributed by atoms with Crippen molar-refractivity contribution in [1.29, 1.82) is 0 Å². The number of nitrogens with zero attached hydrogens (tertiary/aromatic N) is 2. The topological polar surface area (TPSA) is 101 Å². The molecule has 7 heteroatoms. The number of nitrogens with one attached hydrogen (secondary N) is 1. The van der Waals surface area contributed by atoms with Crippen LogP contribution in [0.2, 0.25) is 0 Å². The van der Waals surface area contributed by atoms with Gasteiger partial charge in [0.25, 0.3) is 5.89 Å². The lowest BCUT2D eigenvalue weighted by molar-refractivity contribution is -0.140. The van der Waals surface area contributed by atoms with Crippen molar-refractivity contribution in [3.8, 4) is 11.7 Å². The van der Waals surface area contributed by atoms with E-state index in [1.165, 1.54) is 6.26 Å². The van der Waals surface area contributed by atoms with E-state index in [0.29, 0.717) is 17.5 Å². The van der Waals surface area contributed by atoms with Crippen molar-refractivity contribution in [2.45, 2.75) is 25.4 Å². The summed E-state index contributed by atoms with van der Waals surface area (Å²) in [5, 5.41) is 19.7. The van der Waals surface area contributed by atoms with Crippen LogP contribution in [0.3, 0.4) is 0 Å². The fourth-order valence-corrected chi connectivity index (χ4v) is 1.91. The highest BCUT2D eigenvalue weighted by atomic mass is 16.4. The van der Waals surface area contributed by atoms with E-state index in [0.717, 1.165) is 12.8 Å². The summed E-state index contributed by atoms with van der Waals surface area (Å²) in [4.78, 5) is 11.1. The molecule has 0 aliphatic heterocycles. The first-order valence-electron chi connectivity index (χ1n) is 6.06. The van der Waals surface area contributed by atoms with E-state index in [2.05, 4.69) is 15.5 Å². The summed E-state index contributed by atoms with van der Waals surface area (Å²) in [6.07, 6.45) is 3.42. The number of carboxylic acid groups (broad SMARTS) is 1. The number of aromatic nitrogens is 2. The second kappa shape index (κ2) is 4.85. The van der Waals surface area contributed by atoms with Gasteiger partial charge < -0.3 is 13.9 Å². The molecule has 1 atom stereocenters. The van der Waals surface area contributed by atoms with Gasteiger partial charge in [0.15, 0.2) is 5.76 Å². The van der Waals surface area contributed by atoms with Crippen LogP contribution in [0.1, 0.15) is 18.7 Å². The lowest BCUT2D eigenvalue weighted by Crippen LogP contribution is -2.38. The molecule has 3 rings (SSSR count). The Morgan fingerprint density at radius 2 is 2.37 bits per heavy atom. The minimum Gasteiger partial charge on any atom is -0.480 e. The van der Waals surface area contributed by atoms with E-state index < -0.39 is 12.0 Å². The molecule has 1 saturated carbocycles. The average Bonchev–Trinajstić information content (AvgIpc) is 2.92. The first-order chi connectivity index (χ1) is 9.24. The van der Waals surface area contributed by atoms with Crippen molar-refractivity contribution in [1.82, 2.24) is 15.5 Å². The molecule has 7 nitrogen and oxygen atoms in total. The standard InChI is InChI=1S/C12H13N3O4/c16-12(17)10(7-3-4-7)13-6-9-14-15-11(19-9)8-2-1-5-18-8/h1-2,5,7,10,13H,3-4,6H2,(H,16,17). The van der Waals surface area contributed by atoms with Crippen molar-refractivity contribution in [3.63, 3.8) is 0 Å². The SMILES string of the molecule is O=C(O)C(NCc1nnc(-c2ccco2)o1)C1CC1. The van der Waals surface area contributed by atoms with Crippen LogP contribution in [0, 0.1) is 5.92 Å². The molecule has 2 aromatic heterocycles. The molecule has 0 aromatic carbocycles. The normalized spacial score (nSPS) is 16.4. The molecule has 1 fully saturated rings. The Bertz CT molecular complexity index is 559. The summed E-state index contributed by atoms with van der Waals surface area (Å²) in [5.74, 6) is 0.507. The van der Waals surface area contributed by atoms with Crippen LogP contribution in [-0.2, 0) is 11.3 Å². The number of carbonyl (C=O) groups is 1. The number of hydrogen-bond acceptors (Lipinski definition) is 6. The smallest absolute Gasteiger partial charge is 0.320 e. The van der Waals surface area contributed by atoms with Crippen LogP contribution < -0.4 is 5.32 Å². The lowest BCUT2D eigenvalue weighted by atomic mass is 10.2. The van der Waals surface area contributed by atoms with E-state index in [4.69, 9.17) is 13.9 Å². The molecule has 1 unspecified atom stereocenters. The third-order valence-electron chi connectivity index (χ3n) is 3.03. The van der Waals surface area contributed by atoms with Crippen molar-refractivity contribution in [2.75, 3.05) is 0 Å². The third-order valence-corrected chi connectivity index (χ3v) is 3.03. The number of hydrogen-bond donors (Lipinski definition) is 2. The molecule has 1 aliphatic carbocycles. The van der Waals surface area contributed by atoms with Gasteiger partial charge in [-0.3, -0.25) is 10.1 Å². The molecular formula is C12H13N3O4. The Labute approximate surface area is 108 Å². The zero-order valence-electron chi connectivity index (χ0n) is 10.1. The van der Waals surface area contributed by atoms with E-state index >= 15 is 0 Å². The molecule has 19 heavy (non-hydrogen) atoms. The predicted molar refractivity (Wildman–Crippen MR) is 63.0 cm³/mol. The minimum atomic E-state index is -0.840. The minimum absolute atomic E-state index is 0.213. The maximum atomic E-state index is 11.1. The van der Waals surface area contributed by atoms with Crippen molar-refractivity contribution in [2.24, 2.45) is 5.92 Å². The van der Waals surface area contributed by atoms with E-state index in [9.17, 15) is 4.79 Å². The molecule has 0 amide bonds. The number of rotatable bonds is 6. The van der Waals surface area contributed by atoms with Gasteiger partial charge in [-0.2, -0.15) is 0 Å². The van der Waals surface area contributed by atoms with Crippen LogP contribution in [0.25, 0.3) is 11.7 Å². The van der Waals surface area contributed by atoms with Gasteiger partial charge in [-0.15, -0.1) is 10.2 Å². The van der Waals surface area contributed by atoms with E-state index in [-0.39, 0.29) is 12.5 Å². The summed E-state index contributed by atoms with van der Waals surface area (Å²) in [6, 6.07) is 2.90. The van der Waals surface area contributed by atoms with Gasteiger partial charge in [-0.05, 0) is 30.9 Å². The Hall–Kier alpha value is -2.15. The second-order valence-electron chi connectivity index (χ2n) is 4.51. The molecule has 0 saturated heterocycles. The van der Waals surface area contributed by atoms with Crippen molar-refractivity contribution < 1.29 is 18.7 Å². The van der Waals surface area contributed by atoms with Gasteiger partial charge in [-0.25, -0.2) is 0 Å². The van der Waals surface area contributed by atoms with Gasteiger partial charge in [0.05, 0.1) is 12.8 Å². The summed E-state index contributed by atoms with van der Waals surface area (Å²) >= 11 is 0. The zero-order valence-corrected chi connectivity index (χ0v) is 10.1. The summed E-state index contributed by atoms with van der Waals surface area (Å²) in [5.41, 5.74) is 0.